The predicted molar refractivity (Wildman–Crippen MR) is 130 cm³/mol. The molecule has 30 heavy (non-hydrogen) atoms. The third kappa shape index (κ3) is 7.85. The molecule has 1 aromatic carbocycles. The fourth-order valence-electron chi connectivity index (χ4n) is 3.52. The maximum atomic E-state index is 12.1. The van der Waals surface area contributed by atoms with Gasteiger partial charge in [-0.15, -0.1) is 24.0 Å². The molecule has 1 N–H and O–H groups in total. The molecule has 0 saturated carbocycles. The van der Waals surface area contributed by atoms with Gasteiger partial charge < -0.3 is 24.4 Å². The van der Waals surface area contributed by atoms with E-state index in [1.165, 1.54) is 5.56 Å². The van der Waals surface area contributed by atoms with E-state index in [0.29, 0.717) is 26.4 Å². The van der Waals surface area contributed by atoms with Gasteiger partial charge >= 0.3 is 5.97 Å². The number of hydrogen-bond acceptors (Lipinski definition) is 5. The molecule has 0 aliphatic carbocycles. The molecule has 1 atom stereocenters. The van der Waals surface area contributed by atoms with E-state index in [1.54, 1.807) is 7.05 Å². The fraction of sp³-hybridized carbons (Fsp3) is 0.636. The number of piperidine rings is 1. The van der Waals surface area contributed by atoms with Crippen LogP contribution in [0.15, 0.2) is 23.2 Å². The van der Waals surface area contributed by atoms with E-state index in [2.05, 4.69) is 21.3 Å². The average molecular weight is 533 g/mol. The molecule has 0 amide bonds. The summed E-state index contributed by atoms with van der Waals surface area (Å²) >= 11 is 0. The van der Waals surface area contributed by atoms with E-state index in [1.807, 2.05) is 32.9 Å². The first-order valence-electron chi connectivity index (χ1n) is 10.6. The Morgan fingerprint density at radius 1 is 1.17 bits per heavy atom. The van der Waals surface area contributed by atoms with Gasteiger partial charge in [0.2, 0.25) is 0 Å². The zero-order valence-electron chi connectivity index (χ0n) is 18.6. The summed E-state index contributed by atoms with van der Waals surface area (Å²) < 4.78 is 16.5. The standard InChI is InChI=1S/C22H35N3O4.HI/c1-5-27-19-11-10-17(15-20(19)28-6-2)12-13-24-22(23-4)25-14-8-9-18(16-25)21(26)29-7-3;/h10-11,15,18H,5-9,12-14,16H2,1-4H3,(H,23,24);1H. The van der Waals surface area contributed by atoms with Gasteiger partial charge in [0.15, 0.2) is 17.5 Å². The Hall–Kier alpha value is -1.71. The summed E-state index contributed by atoms with van der Waals surface area (Å²) in [6, 6.07) is 6.07. The Labute approximate surface area is 197 Å². The molecule has 170 valence electrons. The van der Waals surface area contributed by atoms with Gasteiger partial charge in [0.1, 0.15) is 0 Å². The van der Waals surface area contributed by atoms with E-state index < -0.39 is 0 Å². The number of guanidine groups is 1. The van der Waals surface area contributed by atoms with Crippen molar-refractivity contribution in [2.45, 2.75) is 40.0 Å². The molecule has 0 spiro atoms. The molecule has 7 nitrogen and oxygen atoms in total. The van der Waals surface area contributed by atoms with Crippen LogP contribution in [0.5, 0.6) is 11.5 Å². The van der Waals surface area contributed by atoms with Crippen molar-refractivity contribution in [3.63, 3.8) is 0 Å². The summed E-state index contributed by atoms with van der Waals surface area (Å²) in [5, 5.41) is 3.42. The molecule has 1 aliphatic rings. The number of aliphatic imine (C=N–C) groups is 1. The van der Waals surface area contributed by atoms with E-state index >= 15 is 0 Å². The van der Waals surface area contributed by atoms with Gasteiger partial charge in [-0.05, 0) is 57.7 Å². The lowest BCUT2D eigenvalue weighted by Crippen LogP contribution is -2.48. The molecule has 1 unspecified atom stereocenters. The number of esters is 1. The van der Waals surface area contributed by atoms with Crippen LogP contribution in [0.4, 0.5) is 0 Å². The minimum Gasteiger partial charge on any atom is -0.490 e. The van der Waals surface area contributed by atoms with Crippen molar-refractivity contribution in [1.29, 1.82) is 0 Å². The first kappa shape index (κ1) is 26.3. The van der Waals surface area contributed by atoms with Gasteiger partial charge in [-0.25, -0.2) is 0 Å². The van der Waals surface area contributed by atoms with Crippen LogP contribution < -0.4 is 14.8 Å². The number of carbonyl (C=O) groups is 1. The van der Waals surface area contributed by atoms with E-state index in [-0.39, 0.29) is 35.9 Å². The SMILES string of the molecule is CCOC(=O)C1CCCN(C(=NC)NCCc2ccc(OCC)c(OCC)c2)C1.I. The van der Waals surface area contributed by atoms with Crippen molar-refractivity contribution >= 4 is 35.9 Å². The van der Waals surface area contributed by atoms with Gasteiger partial charge in [-0.3, -0.25) is 9.79 Å². The summed E-state index contributed by atoms with van der Waals surface area (Å²) in [5.74, 6) is 2.20. The third-order valence-corrected chi connectivity index (χ3v) is 4.86. The van der Waals surface area contributed by atoms with Crippen molar-refractivity contribution in [2.75, 3.05) is 46.5 Å². The lowest BCUT2D eigenvalue weighted by molar-refractivity contribution is -0.149. The molecule has 0 aromatic heterocycles. The molecule has 1 heterocycles. The number of nitrogens with one attached hydrogen (secondary N) is 1. The van der Waals surface area contributed by atoms with Crippen molar-refractivity contribution in [3.05, 3.63) is 23.8 Å². The predicted octanol–water partition coefficient (Wildman–Crippen LogP) is 3.50. The summed E-state index contributed by atoms with van der Waals surface area (Å²) in [6.45, 7) is 9.70. The maximum absolute atomic E-state index is 12.1. The van der Waals surface area contributed by atoms with Gasteiger partial charge in [-0.2, -0.15) is 0 Å². The van der Waals surface area contributed by atoms with Gasteiger partial charge in [0.25, 0.3) is 0 Å². The zero-order chi connectivity index (χ0) is 21.1. The fourth-order valence-corrected chi connectivity index (χ4v) is 3.52. The second-order valence-electron chi connectivity index (χ2n) is 6.91. The highest BCUT2D eigenvalue weighted by Crippen LogP contribution is 2.28. The second kappa shape index (κ2) is 14.3. The Balaban J connectivity index is 0.00000450. The van der Waals surface area contributed by atoms with Crippen molar-refractivity contribution in [2.24, 2.45) is 10.9 Å². The van der Waals surface area contributed by atoms with E-state index in [0.717, 1.165) is 49.8 Å². The molecule has 0 bridgehead atoms. The Morgan fingerprint density at radius 3 is 2.57 bits per heavy atom. The molecule has 2 rings (SSSR count). The zero-order valence-corrected chi connectivity index (χ0v) is 20.9. The van der Waals surface area contributed by atoms with Crippen LogP contribution in [-0.2, 0) is 16.0 Å². The van der Waals surface area contributed by atoms with Gasteiger partial charge in [0.05, 0.1) is 25.7 Å². The summed E-state index contributed by atoms with van der Waals surface area (Å²) in [5.41, 5.74) is 1.17. The van der Waals surface area contributed by atoms with E-state index in [9.17, 15) is 4.79 Å². The molecular formula is C22H36IN3O4. The normalized spacial score (nSPS) is 16.5. The van der Waals surface area contributed by atoms with Crippen LogP contribution in [-0.4, -0.2) is 63.3 Å². The Bertz CT molecular complexity index is 684. The van der Waals surface area contributed by atoms with Crippen LogP contribution in [0.25, 0.3) is 0 Å². The summed E-state index contributed by atoms with van der Waals surface area (Å²) in [7, 11) is 1.78. The van der Waals surface area contributed by atoms with Crippen LogP contribution in [0.3, 0.4) is 0 Å². The Kier molecular flexibility index (Phi) is 12.6. The molecular weight excluding hydrogens is 497 g/mol. The number of hydrogen-bond donors (Lipinski definition) is 1. The highest BCUT2D eigenvalue weighted by atomic mass is 127. The minimum absolute atomic E-state index is 0. The quantitative estimate of drug-likeness (QED) is 0.227. The molecule has 1 aliphatic heterocycles. The number of likely N-dealkylation sites (tertiary alicyclic amines) is 1. The number of ether oxygens (including phenoxy) is 3. The minimum atomic E-state index is -0.106. The molecule has 1 saturated heterocycles. The van der Waals surface area contributed by atoms with Crippen molar-refractivity contribution in [3.8, 4) is 11.5 Å². The van der Waals surface area contributed by atoms with E-state index in [4.69, 9.17) is 14.2 Å². The maximum Gasteiger partial charge on any atom is 0.310 e. The molecule has 1 aromatic rings. The second-order valence-corrected chi connectivity index (χ2v) is 6.91. The van der Waals surface area contributed by atoms with Crippen LogP contribution in [0, 0.1) is 5.92 Å². The Morgan fingerprint density at radius 2 is 1.90 bits per heavy atom. The highest BCUT2D eigenvalue weighted by Gasteiger charge is 2.28. The largest absolute Gasteiger partial charge is 0.490 e. The van der Waals surface area contributed by atoms with Gasteiger partial charge in [-0.1, -0.05) is 6.07 Å². The third-order valence-electron chi connectivity index (χ3n) is 4.86. The smallest absolute Gasteiger partial charge is 0.310 e. The van der Waals surface area contributed by atoms with Gasteiger partial charge in [0, 0.05) is 26.7 Å². The number of halogens is 1. The first-order valence-corrected chi connectivity index (χ1v) is 10.6. The number of rotatable bonds is 9. The lowest BCUT2D eigenvalue weighted by atomic mass is 9.98. The summed E-state index contributed by atoms with van der Waals surface area (Å²) in [4.78, 5) is 18.6. The average Bonchev–Trinajstić information content (AvgIpc) is 2.73. The van der Waals surface area contributed by atoms with Crippen LogP contribution in [0.1, 0.15) is 39.2 Å². The number of nitrogens with zero attached hydrogens (tertiary/aromatic N) is 2. The van der Waals surface area contributed by atoms with Crippen molar-refractivity contribution < 1.29 is 19.0 Å². The first-order chi connectivity index (χ1) is 14.1. The number of carbonyl (C=O) groups excluding carboxylic acids is 1. The lowest BCUT2D eigenvalue weighted by Gasteiger charge is -2.34. The molecule has 8 heteroatoms. The topological polar surface area (TPSA) is 72.4 Å². The molecule has 0 radical (unpaired) electrons. The number of benzene rings is 1. The highest BCUT2D eigenvalue weighted by molar-refractivity contribution is 14.0. The monoisotopic (exact) mass is 533 g/mol. The van der Waals surface area contributed by atoms with Crippen LogP contribution >= 0.6 is 24.0 Å². The summed E-state index contributed by atoms with van der Waals surface area (Å²) in [6.07, 6.45) is 2.67. The molecule has 1 fully saturated rings. The van der Waals surface area contributed by atoms with Crippen LogP contribution in [0.2, 0.25) is 0 Å². The van der Waals surface area contributed by atoms with Crippen molar-refractivity contribution in [1.82, 2.24) is 10.2 Å².